The summed E-state index contributed by atoms with van der Waals surface area (Å²) in [5.74, 6) is 1.33. The molecule has 0 bridgehead atoms. The summed E-state index contributed by atoms with van der Waals surface area (Å²) in [6, 6.07) is 5.51. The molecule has 0 unspecified atom stereocenters. The average molecular weight is 469 g/mol. The van der Waals surface area contributed by atoms with Crippen molar-refractivity contribution in [2.24, 2.45) is 11.3 Å². The maximum absolute atomic E-state index is 12.9. The van der Waals surface area contributed by atoms with Crippen LogP contribution in [-0.4, -0.2) is 33.9 Å². The number of allylic oxidation sites excluding steroid dienone is 2. The maximum Gasteiger partial charge on any atom is 0.416 e. The summed E-state index contributed by atoms with van der Waals surface area (Å²) >= 11 is 1.83. The minimum Gasteiger partial charge on any atom is -0.280 e. The minimum atomic E-state index is -4.31. The van der Waals surface area contributed by atoms with E-state index in [4.69, 9.17) is 4.84 Å². The third kappa shape index (κ3) is 6.07. The molecule has 176 valence electrons. The maximum atomic E-state index is 12.9. The van der Waals surface area contributed by atoms with Gasteiger partial charge in [-0.25, -0.2) is 9.67 Å². The highest BCUT2D eigenvalue weighted by molar-refractivity contribution is 7.98. The fraction of sp³-hybridized carbons (Fsp3) is 0.565. The van der Waals surface area contributed by atoms with Crippen LogP contribution in [0.3, 0.4) is 0 Å². The molecule has 0 aliphatic heterocycles. The van der Waals surface area contributed by atoms with Crippen LogP contribution >= 0.6 is 11.8 Å². The second kappa shape index (κ2) is 10.7. The fourth-order valence-corrected chi connectivity index (χ4v) is 5.12. The van der Waals surface area contributed by atoms with Gasteiger partial charge in [0.1, 0.15) is 12.7 Å². The first-order valence-electron chi connectivity index (χ1n) is 10.8. The van der Waals surface area contributed by atoms with Gasteiger partial charge in [-0.1, -0.05) is 19.1 Å². The van der Waals surface area contributed by atoms with E-state index >= 15 is 0 Å². The van der Waals surface area contributed by atoms with Gasteiger partial charge in [0.25, 0.3) is 0 Å². The van der Waals surface area contributed by atoms with Gasteiger partial charge in [-0.3, -0.25) is 10.3 Å². The average Bonchev–Trinajstić information content (AvgIpc) is 3.27. The van der Waals surface area contributed by atoms with Crippen LogP contribution in [-0.2, 0) is 24.0 Å². The summed E-state index contributed by atoms with van der Waals surface area (Å²) in [5.41, 5.74) is 5.80. The molecule has 2 atom stereocenters. The molecule has 1 N–H and O–H groups in total. The zero-order valence-electron chi connectivity index (χ0n) is 18.8. The fourth-order valence-electron chi connectivity index (χ4n) is 4.47. The number of benzene rings is 1. The van der Waals surface area contributed by atoms with Crippen LogP contribution in [0.4, 0.5) is 13.2 Å². The Balaban J connectivity index is 1.84. The van der Waals surface area contributed by atoms with Gasteiger partial charge in [-0.2, -0.15) is 30.0 Å². The van der Waals surface area contributed by atoms with Crippen molar-refractivity contribution in [1.82, 2.24) is 20.2 Å². The van der Waals surface area contributed by atoms with Gasteiger partial charge in [0.15, 0.2) is 0 Å². The molecule has 0 fully saturated rings. The third-order valence-corrected chi connectivity index (χ3v) is 7.00. The number of hydrogen-bond donors (Lipinski definition) is 1. The van der Waals surface area contributed by atoms with Crippen molar-refractivity contribution in [2.45, 2.75) is 51.7 Å². The van der Waals surface area contributed by atoms with E-state index in [9.17, 15) is 13.2 Å². The Morgan fingerprint density at radius 3 is 2.62 bits per heavy atom. The van der Waals surface area contributed by atoms with E-state index in [0.717, 1.165) is 42.7 Å². The summed E-state index contributed by atoms with van der Waals surface area (Å²) in [7, 11) is 1.63. The molecule has 0 radical (unpaired) electrons. The number of halogens is 3. The molecule has 1 aliphatic rings. The lowest BCUT2D eigenvalue weighted by Crippen LogP contribution is -2.37. The second-order valence-corrected chi connectivity index (χ2v) is 9.56. The Kier molecular flexibility index (Phi) is 8.27. The number of rotatable bonds is 10. The Morgan fingerprint density at radius 2 is 2.03 bits per heavy atom. The Hall–Kier alpha value is -2.00. The lowest BCUT2D eigenvalue weighted by Gasteiger charge is -2.41. The quantitative estimate of drug-likeness (QED) is 0.467. The second-order valence-electron chi connectivity index (χ2n) is 8.57. The topological polar surface area (TPSA) is 52.0 Å². The van der Waals surface area contributed by atoms with Crippen LogP contribution < -0.4 is 5.48 Å². The molecular weight excluding hydrogens is 437 g/mol. The van der Waals surface area contributed by atoms with E-state index in [-0.39, 0.29) is 11.3 Å². The smallest absolute Gasteiger partial charge is 0.280 e. The molecule has 9 heteroatoms. The highest BCUT2D eigenvalue weighted by Gasteiger charge is 2.38. The van der Waals surface area contributed by atoms with Crippen LogP contribution in [0.2, 0.25) is 0 Å². The van der Waals surface area contributed by atoms with Gasteiger partial charge in [0.2, 0.25) is 0 Å². The van der Waals surface area contributed by atoms with Gasteiger partial charge in [0.05, 0.1) is 19.2 Å². The molecule has 3 rings (SSSR count). The van der Waals surface area contributed by atoms with Crippen molar-refractivity contribution in [3.63, 3.8) is 0 Å². The summed E-state index contributed by atoms with van der Waals surface area (Å²) < 4.78 is 40.4. The van der Waals surface area contributed by atoms with Gasteiger partial charge >= 0.3 is 6.18 Å². The first-order valence-corrected chi connectivity index (χ1v) is 12.2. The van der Waals surface area contributed by atoms with Crippen molar-refractivity contribution in [2.75, 3.05) is 19.1 Å². The molecule has 1 heterocycles. The van der Waals surface area contributed by atoms with Crippen LogP contribution in [0.15, 0.2) is 48.2 Å². The van der Waals surface area contributed by atoms with Crippen molar-refractivity contribution in [3.05, 3.63) is 59.3 Å². The number of aryl methyl sites for hydroxylation is 1. The van der Waals surface area contributed by atoms with Gasteiger partial charge in [-0.15, -0.1) is 0 Å². The van der Waals surface area contributed by atoms with E-state index in [1.165, 1.54) is 24.0 Å². The highest BCUT2D eigenvalue weighted by Crippen LogP contribution is 2.46. The lowest BCUT2D eigenvalue weighted by molar-refractivity contribution is -0.137. The molecule has 0 amide bonds. The standard InChI is InChI=1S/C23H31F3N4OS/c1-22(12-13-32-3)11-10-18(7-4-17-5-8-19(9-6-17)23(24,25)26)20(21(22)29-31-2)14-30-16-27-15-28-30/h5-6,8-9,15-16,18,29H,4,7,10-14H2,1-3H3/t18-,22+/m1/s1. The van der Waals surface area contributed by atoms with E-state index in [0.29, 0.717) is 13.0 Å². The Labute approximate surface area is 191 Å². The monoisotopic (exact) mass is 468 g/mol. The lowest BCUT2D eigenvalue weighted by atomic mass is 9.68. The molecule has 1 aromatic heterocycles. The molecule has 0 spiro atoms. The summed E-state index contributed by atoms with van der Waals surface area (Å²) in [6.45, 7) is 2.89. The molecule has 1 aliphatic carbocycles. The summed E-state index contributed by atoms with van der Waals surface area (Å²) in [4.78, 5) is 9.47. The largest absolute Gasteiger partial charge is 0.416 e. The third-order valence-electron chi connectivity index (χ3n) is 6.39. The Morgan fingerprint density at radius 1 is 1.28 bits per heavy atom. The van der Waals surface area contributed by atoms with Gasteiger partial charge in [-0.05, 0) is 73.3 Å². The normalized spacial score (nSPS) is 21.8. The van der Waals surface area contributed by atoms with Gasteiger partial charge < -0.3 is 0 Å². The number of nitrogens with one attached hydrogen (secondary N) is 1. The number of hydrogen-bond acceptors (Lipinski definition) is 5. The van der Waals surface area contributed by atoms with Crippen LogP contribution in [0.25, 0.3) is 0 Å². The molecule has 32 heavy (non-hydrogen) atoms. The molecule has 0 saturated heterocycles. The number of alkyl halides is 3. The predicted octanol–water partition coefficient (Wildman–Crippen LogP) is 5.50. The van der Waals surface area contributed by atoms with Crippen molar-refractivity contribution in [3.8, 4) is 0 Å². The zero-order valence-corrected chi connectivity index (χ0v) is 19.6. The molecule has 0 saturated carbocycles. The molecular formula is C23H31F3N4OS. The molecule has 2 aromatic rings. The minimum absolute atomic E-state index is 0.0280. The SMILES string of the molecule is CONC1=C(Cn2cncn2)[C@H](CCc2ccc(C(F)(F)F)cc2)CC[C@@]1(C)CCSC. The van der Waals surface area contributed by atoms with Crippen LogP contribution in [0, 0.1) is 11.3 Å². The number of aromatic nitrogens is 3. The van der Waals surface area contributed by atoms with Gasteiger partial charge in [0, 0.05) is 11.1 Å². The number of thioether (sulfide) groups is 1. The van der Waals surface area contributed by atoms with Crippen LogP contribution in [0.1, 0.15) is 43.7 Å². The number of hydroxylamine groups is 1. The number of nitrogens with zero attached hydrogens (tertiary/aromatic N) is 3. The van der Waals surface area contributed by atoms with Crippen LogP contribution in [0.5, 0.6) is 0 Å². The van der Waals surface area contributed by atoms with E-state index in [1.807, 2.05) is 16.4 Å². The zero-order chi connectivity index (χ0) is 23.2. The van der Waals surface area contributed by atoms with E-state index < -0.39 is 11.7 Å². The van der Waals surface area contributed by atoms with E-state index in [2.05, 4.69) is 28.7 Å². The predicted molar refractivity (Wildman–Crippen MR) is 121 cm³/mol. The van der Waals surface area contributed by atoms with Crippen molar-refractivity contribution in [1.29, 1.82) is 0 Å². The van der Waals surface area contributed by atoms with Crippen molar-refractivity contribution >= 4 is 11.8 Å². The summed E-state index contributed by atoms with van der Waals surface area (Å²) in [5, 5.41) is 4.29. The first kappa shape index (κ1) is 24.6. The summed E-state index contributed by atoms with van der Waals surface area (Å²) in [6.07, 6.45) is 5.68. The van der Waals surface area contributed by atoms with E-state index in [1.54, 1.807) is 25.6 Å². The van der Waals surface area contributed by atoms with Crippen molar-refractivity contribution < 1.29 is 18.0 Å². The molecule has 5 nitrogen and oxygen atoms in total. The molecule has 1 aromatic carbocycles. The Bertz CT molecular complexity index is 884. The highest BCUT2D eigenvalue weighted by atomic mass is 32.2. The first-order chi connectivity index (χ1) is 15.3.